The Balaban J connectivity index is 3.07. The van der Waals surface area contributed by atoms with Crippen LogP contribution in [0.25, 0.3) is 0 Å². The Morgan fingerprint density at radius 1 is 1.50 bits per heavy atom. The molecule has 0 aliphatic heterocycles. The fourth-order valence-corrected chi connectivity index (χ4v) is 0.647. The van der Waals surface area contributed by atoms with Crippen LogP contribution >= 0.6 is 0 Å². The molecule has 0 bridgehead atoms. The molecule has 3 heteroatoms. The lowest BCUT2D eigenvalue weighted by atomic mass is 10.3. The second-order valence-electron chi connectivity index (χ2n) is 1.80. The highest BCUT2D eigenvalue weighted by Gasteiger charge is 2.01. The summed E-state index contributed by atoms with van der Waals surface area (Å²) < 4.78 is 17.1. The molecule has 1 rings (SSSR count). The first kappa shape index (κ1) is 6.86. The van der Waals surface area contributed by atoms with Gasteiger partial charge in [-0.05, 0) is 12.1 Å². The number of ether oxygens (including phenoxy) is 1. The summed E-state index contributed by atoms with van der Waals surface area (Å²) in [6, 6.07) is 3.44. The largest absolute Gasteiger partial charge is 0.494 e. The SMILES string of the molecule is COc1ccc([O])cc1F. The summed E-state index contributed by atoms with van der Waals surface area (Å²) >= 11 is 0. The lowest BCUT2D eigenvalue weighted by Crippen LogP contribution is -1.85. The van der Waals surface area contributed by atoms with E-state index in [0.29, 0.717) is 0 Å². The second-order valence-corrected chi connectivity index (χ2v) is 1.80. The van der Waals surface area contributed by atoms with Gasteiger partial charge in [-0.25, -0.2) is 4.39 Å². The predicted octanol–water partition coefficient (Wildman–Crippen LogP) is 1.98. The molecule has 0 amide bonds. The lowest BCUT2D eigenvalue weighted by Gasteiger charge is -1.98. The molecule has 0 heterocycles. The monoisotopic (exact) mass is 141 g/mol. The van der Waals surface area contributed by atoms with Gasteiger partial charge in [0.2, 0.25) is 0 Å². The van der Waals surface area contributed by atoms with Crippen LogP contribution in [0.3, 0.4) is 0 Å². The van der Waals surface area contributed by atoms with Crippen LogP contribution in [0.15, 0.2) is 18.2 Å². The van der Waals surface area contributed by atoms with Gasteiger partial charge in [-0.3, -0.25) is 5.11 Å². The first-order valence-electron chi connectivity index (χ1n) is 2.74. The third kappa shape index (κ3) is 1.18. The minimum absolute atomic E-state index is 0.0969. The van der Waals surface area contributed by atoms with E-state index in [1.165, 1.54) is 19.2 Å². The third-order valence-corrected chi connectivity index (χ3v) is 1.12. The fraction of sp³-hybridized carbons (Fsp3) is 0.143. The highest BCUT2D eigenvalue weighted by atomic mass is 19.1. The van der Waals surface area contributed by atoms with E-state index >= 15 is 0 Å². The molecule has 0 saturated carbocycles. The van der Waals surface area contributed by atoms with Gasteiger partial charge in [0.15, 0.2) is 17.3 Å². The van der Waals surface area contributed by atoms with E-state index in [1.54, 1.807) is 0 Å². The summed E-state index contributed by atoms with van der Waals surface area (Å²) in [5, 5.41) is 10.5. The van der Waals surface area contributed by atoms with E-state index in [1.807, 2.05) is 0 Å². The Morgan fingerprint density at radius 2 is 2.20 bits per heavy atom. The molecule has 10 heavy (non-hydrogen) atoms. The quantitative estimate of drug-likeness (QED) is 0.587. The lowest BCUT2D eigenvalue weighted by molar-refractivity contribution is 0.345. The molecule has 0 saturated heterocycles. The smallest absolute Gasteiger partial charge is 0.181 e. The number of rotatable bonds is 1. The zero-order chi connectivity index (χ0) is 7.56. The van der Waals surface area contributed by atoms with E-state index in [4.69, 9.17) is 0 Å². The highest BCUT2D eigenvalue weighted by molar-refractivity contribution is 5.31. The minimum atomic E-state index is -0.616. The van der Waals surface area contributed by atoms with Crippen LogP contribution in [-0.4, -0.2) is 7.11 Å². The van der Waals surface area contributed by atoms with Crippen molar-refractivity contribution in [3.05, 3.63) is 24.0 Å². The standard InChI is InChI=1S/C7H6FO2/c1-10-7-3-2-5(9)4-6(7)8/h2-4H,1H3. The maximum Gasteiger partial charge on any atom is 0.181 e. The Kier molecular flexibility index (Phi) is 1.76. The summed E-state index contributed by atoms with van der Waals surface area (Å²) in [6.07, 6.45) is 0. The summed E-state index contributed by atoms with van der Waals surface area (Å²) in [5.74, 6) is -0.868. The summed E-state index contributed by atoms with van der Waals surface area (Å²) in [4.78, 5) is 0. The van der Waals surface area contributed by atoms with Gasteiger partial charge < -0.3 is 4.74 Å². The maximum atomic E-state index is 12.5. The third-order valence-electron chi connectivity index (χ3n) is 1.12. The van der Waals surface area contributed by atoms with E-state index in [9.17, 15) is 9.50 Å². The molecular weight excluding hydrogens is 135 g/mol. The van der Waals surface area contributed by atoms with Crippen molar-refractivity contribution in [2.45, 2.75) is 0 Å². The van der Waals surface area contributed by atoms with Crippen LogP contribution in [-0.2, 0) is 5.11 Å². The van der Waals surface area contributed by atoms with E-state index in [0.717, 1.165) is 6.07 Å². The molecule has 0 unspecified atom stereocenters. The van der Waals surface area contributed by atoms with Crippen molar-refractivity contribution in [3.63, 3.8) is 0 Å². The van der Waals surface area contributed by atoms with Crippen LogP contribution in [0.5, 0.6) is 11.5 Å². The molecule has 1 aromatic rings. The van der Waals surface area contributed by atoms with Crippen LogP contribution < -0.4 is 4.74 Å². The zero-order valence-electron chi connectivity index (χ0n) is 5.43. The Labute approximate surface area is 57.9 Å². The zero-order valence-corrected chi connectivity index (χ0v) is 5.43. The molecule has 0 spiro atoms. The van der Waals surface area contributed by atoms with Crippen molar-refractivity contribution >= 4 is 0 Å². The predicted molar refractivity (Wildman–Crippen MR) is 33.1 cm³/mol. The van der Waals surface area contributed by atoms with Crippen molar-refractivity contribution in [2.24, 2.45) is 0 Å². The first-order valence-corrected chi connectivity index (χ1v) is 2.74. The van der Waals surface area contributed by atoms with Crippen LogP contribution in [0.2, 0.25) is 0 Å². The van der Waals surface area contributed by atoms with Gasteiger partial charge in [-0.1, -0.05) is 0 Å². The van der Waals surface area contributed by atoms with Gasteiger partial charge in [0.25, 0.3) is 0 Å². The summed E-state index contributed by atoms with van der Waals surface area (Å²) in [7, 11) is 1.35. The topological polar surface area (TPSA) is 29.1 Å². The van der Waals surface area contributed by atoms with Crippen molar-refractivity contribution in [3.8, 4) is 11.5 Å². The first-order chi connectivity index (χ1) is 4.74. The van der Waals surface area contributed by atoms with Gasteiger partial charge >= 0.3 is 0 Å². The van der Waals surface area contributed by atoms with Gasteiger partial charge in [0.05, 0.1) is 7.11 Å². The molecular formula is C7H6FO2. The molecule has 1 aromatic carbocycles. The highest BCUT2D eigenvalue weighted by Crippen LogP contribution is 2.20. The summed E-state index contributed by atoms with van der Waals surface area (Å²) in [5.41, 5.74) is 0. The van der Waals surface area contributed by atoms with Crippen LogP contribution in [0, 0.1) is 5.82 Å². The van der Waals surface area contributed by atoms with Crippen molar-refractivity contribution < 1.29 is 14.2 Å². The normalized spacial score (nSPS) is 9.40. The number of methoxy groups -OCH3 is 1. The van der Waals surface area contributed by atoms with Crippen LogP contribution in [0.4, 0.5) is 4.39 Å². The van der Waals surface area contributed by atoms with Gasteiger partial charge in [0.1, 0.15) is 0 Å². The summed E-state index contributed by atoms with van der Waals surface area (Å²) in [6.45, 7) is 0. The number of benzene rings is 1. The van der Waals surface area contributed by atoms with Crippen molar-refractivity contribution in [1.29, 1.82) is 0 Å². The molecule has 53 valence electrons. The van der Waals surface area contributed by atoms with E-state index in [2.05, 4.69) is 4.74 Å². The Hall–Kier alpha value is -1.25. The van der Waals surface area contributed by atoms with E-state index in [-0.39, 0.29) is 11.5 Å². The number of hydrogen-bond acceptors (Lipinski definition) is 1. The molecule has 0 N–H and O–H groups in total. The van der Waals surface area contributed by atoms with Gasteiger partial charge in [-0.15, -0.1) is 0 Å². The molecule has 0 aliphatic carbocycles. The van der Waals surface area contributed by atoms with E-state index < -0.39 is 5.82 Å². The maximum absolute atomic E-state index is 12.5. The molecule has 1 radical (unpaired) electrons. The Morgan fingerprint density at radius 3 is 2.70 bits per heavy atom. The van der Waals surface area contributed by atoms with Crippen molar-refractivity contribution in [2.75, 3.05) is 7.11 Å². The average molecular weight is 141 g/mol. The van der Waals surface area contributed by atoms with Crippen molar-refractivity contribution in [1.82, 2.24) is 0 Å². The van der Waals surface area contributed by atoms with Gasteiger partial charge in [0, 0.05) is 6.07 Å². The Bertz CT molecular complexity index is 235. The molecule has 0 aliphatic rings. The fourth-order valence-electron chi connectivity index (χ4n) is 0.647. The molecule has 0 atom stereocenters. The van der Waals surface area contributed by atoms with Crippen LogP contribution in [0.1, 0.15) is 0 Å². The molecule has 2 nitrogen and oxygen atoms in total. The van der Waals surface area contributed by atoms with Gasteiger partial charge in [-0.2, -0.15) is 0 Å². The minimum Gasteiger partial charge on any atom is -0.494 e. The number of halogens is 1. The second kappa shape index (κ2) is 2.56. The number of hydrogen-bond donors (Lipinski definition) is 0. The average Bonchev–Trinajstić information content (AvgIpc) is 1.88. The molecule has 0 aromatic heterocycles. The molecule has 0 fully saturated rings.